The van der Waals surface area contributed by atoms with Crippen LogP contribution in [0, 0.1) is 5.82 Å². The predicted octanol–water partition coefficient (Wildman–Crippen LogP) is 3.27. The van der Waals surface area contributed by atoms with Gasteiger partial charge in [-0.25, -0.2) is 4.39 Å². The number of fused-ring (bicyclic) bond motifs is 1. The Bertz CT molecular complexity index is 442. The molecule has 0 bridgehead atoms. The molecular formula is C10H7BrFN. The van der Waals surface area contributed by atoms with Crippen molar-refractivity contribution in [3.8, 4) is 0 Å². The third kappa shape index (κ3) is 1.56. The molecule has 13 heavy (non-hydrogen) atoms. The topological polar surface area (TPSA) is 12.9 Å². The van der Waals surface area contributed by atoms with Crippen LogP contribution >= 0.6 is 15.9 Å². The molecule has 1 heterocycles. The van der Waals surface area contributed by atoms with Crippen molar-refractivity contribution in [2.75, 3.05) is 0 Å². The van der Waals surface area contributed by atoms with Gasteiger partial charge in [-0.15, -0.1) is 0 Å². The Morgan fingerprint density at radius 2 is 2.23 bits per heavy atom. The summed E-state index contributed by atoms with van der Waals surface area (Å²) < 4.78 is 13.2. The number of benzene rings is 1. The van der Waals surface area contributed by atoms with Gasteiger partial charge in [0.25, 0.3) is 0 Å². The van der Waals surface area contributed by atoms with Crippen LogP contribution in [0.5, 0.6) is 0 Å². The molecule has 66 valence electrons. The summed E-state index contributed by atoms with van der Waals surface area (Å²) in [6.07, 6.45) is 1.75. The molecule has 0 aliphatic heterocycles. The van der Waals surface area contributed by atoms with Gasteiger partial charge in [-0.3, -0.25) is 4.98 Å². The molecular weight excluding hydrogens is 233 g/mol. The first kappa shape index (κ1) is 8.63. The van der Waals surface area contributed by atoms with Gasteiger partial charge in [0, 0.05) is 16.9 Å². The highest BCUT2D eigenvalue weighted by Crippen LogP contribution is 2.17. The lowest BCUT2D eigenvalue weighted by atomic mass is 10.2. The zero-order valence-corrected chi connectivity index (χ0v) is 8.38. The summed E-state index contributed by atoms with van der Waals surface area (Å²) in [5, 5.41) is 1.28. The normalized spacial score (nSPS) is 10.6. The average Bonchev–Trinajstić information content (AvgIpc) is 2.18. The SMILES string of the molecule is Fc1cccc2ncc(CBr)cc12. The van der Waals surface area contributed by atoms with Gasteiger partial charge in [-0.05, 0) is 23.8 Å². The Hall–Kier alpha value is -0.960. The van der Waals surface area contributed by atoms with Gasteiger partial charge < -0.3 is 0 Å². The molecule has 0 amide bonds. The molecule has 1 nitrogen and oxygen atoms in total. The summed E-state index contributed by atoms with van der Waals surface area (Å²) in [5.41, 5.74) is 1.68. The second kappa shape index (κ2) is 3.42. The van der Waals surface area contributed by atoms with E-state index < -0.39 is 0 Å². The zero-order valence-electron chi connectivity index (χ0n) is 6.80. The first-order chi connectivity index (χ1) is 6.31. The van der Waals surface area contributed by atoms with Gasteiger partial charge in [-0.1, -0.05) is 22.0 Å². The van der Waals surface area contributed by atoms with Crippen LogP contribution in [0.1, 0.15) is 5.56 Å². The predicted molar refractivity (Wildman–Crippen MR) is 54.3 cm³/mol. The Morgan fingerprint density at radius 1 is 1.38 bits per heavy atom. The highest BCUT2D eigenvalue weighted by atomic mass is 79.9. The maximum Gasteiger partial charge on any atom is 0.132 e. The van der Waals surface area contributed by atoms with E-state index in [0.717, 1.165) is 5.56 Å². The van der Waals surface area contributed by atoms with Crippen molar-refractivity contribution in [3.05, 3.63) is 41.8 Å². The summed E-state index contributed by atoms with van der Waals surface area (Å²) in [6, 6.07) is 6.73. The smallest absolute Gasteiger partial charge is 0.132 e. The van der Waals surface area contributed by atoms with Gasteiger partial charge in [0.2, 0.25) is 0 Å². The maximum atomic E-state index is 13.2. The number of pyridine rings is 1. The number of hydrogen-bond donors (Lipinski definition) is 0. The molecule has 0 aliphatic rings. The molecule has 0 aliphatic carbocycles. The second-order valence-corrected chi connectivity index (χ2v) is 3.34. The first-order valence-electron chi connectivity index (χ1n) is 3.90. The van der Waals surface area contributed by atoms with E-state index in [9.17, 15) is 4.39 Å². The van der Waals surface area contributed by atoms with Crippen LogP contribution in [-0.4, -0.2) is 4.98 Å². The average molecular weight is 240 g/mol. The maximum absolute atomic E-state index is 13.2. The summed E-state index contributed by atoms with van der Waals surface area (Å²) >= 11 is 3.31. The standard InChI is InChI=1S/C10H7BrFN/c11-5-7-4-8-9(12)2-1-3-10(8)13-6-7/h1-4,6H,5H2. The van der Waals surface area contributed by atoms with Crippen molar-refractivity contribution < 1.29 is 4.39 Å². The Balaban J connectivity index is 2.74. The fourth-order valence-corrected chi connectivity index (χ4v) is 1.54. The molecule has 0 saturated heterocycles. The fraction of sp³-hybridized carbons (Fsp3) is 0.100. The van der Waals surface area contributed by atoms with Crippen molar-refractivity contribution in [2.24, 2.45) is 0 Å². The minimum absolute atomic E-state index is 0.215. The van der Waals surface area contributed by atoms with Gasteiger partial charge in [0.15, 0.2) is 0 Å². The molecule has 1 aromatic carbocycles. The lowest BCUT2D eigenvalue weighted by molar-refractivity contribution is 0.639. The van der Waals surface area contributed by atoms with Crippen molar-refractivity contribution in [2.45, 2.75) is 5.33 Å². The van der Waals surface area contributed by atoms with E-state index in [1.807, 2.05) is 6.07 Å². The molecule has 0 spiro atoms. The lowest BCUT2D eigenvalue weighted by Gasteiger charge is -2.00. The molecule has 2 rings (SSSR count). The highest BCUT2D eigenvalue weighted by molar-refractivity contribution is 9.08. The number of nitrogens with zero attached hydrogens (tertiary/aromatic N) is 1. The van der Waals surface area contributed by atoms with E-state index in [4.69, 9.17) is 0 Å². The minimum atomic E-state index is -0.215. The van der Waals surface area contributed by atoms with E-state index in [2.05, 4.69) is 20.9 Å². The van der Waals surface area contributed by atoms with E-state index >= 15 is 0 Å². The summed E-state index contributed by atoms with van der Waals surface area (Å²) in [7, 11) is 0. The van der Waals surface area contributed by atoms with E-state index in [0.29, 0.717) is 16.2 Å². The second-order valence-electron chi connectivity index (χ2n) is 2.78. The van der Waals surface area contributed by atoms with Gasteiger partial charge in [-0.2, -0.15) is 0 Å². The van der Waals surface area contributed by atoms with Crippen LogP contribution < -0.4 is 0 Å². The number of halogens is 2. The molecule has 0 saturated carbocycles. The van der Waals surface area contributed by atoms with Crippen molar-refractivity contribution in [1.29, 1.82) is 0 Å². The quantitative estimate of drug-likeness (QED) is 0.697. The van der Waals surface area contributed by atoms with Gasteiger partial charge >= 0.3 is 0 Å². The fourth-order valence-electron chi connectivity index (χ4n) is 1.23. The summed E-state index contributed by atoms with van der Waals surface area (Å²) in [4.78, 5) is 4.14. The summed E-state index contributed by atoms with van der Waals surface area (Å²) in [6.45, 7) is 0. The molecule has 3 heteroatoms. The third-order valence-corrected chi connectivity index (χ3v) is 2.53. The largest absolute Gasteiger partial charge is 0.256 e. The zero-order chi connectivity index (χ0) is 9.26. The molecule has 0 unspecified atom stereocenters. The van der Waals surface area contributed by atoms with E-state index in [-0.39, 0.29) is 5.82 Å². The lowest BCUT2D eigenvalue weighted by Crippen LogP contribution is -1.86. The Morgan fingerprint density at radius 3 is 3.00 bits per heavy atom. The van der Waals surface area contributed by atoms with Crippen LogP contribution in [0.25, 0.3) is 10.9 Å². The molecule has 0 N–H and O–H groups in total. The van der Waals surface area contributed by atoms with Crippen LogP contribution in [0.2, 0.25) is 0 Å². The Labute approximate surface area is 83.7 Å². The Kier molecular flexibility index (Phi) is 2.27. The molecule has 0 atom stereocenters. The van der Waals surface area contributed by atoms with Gasteiger partial charge in [0.05, 0.1) is 5.52 Å². The van der Waals surface area contributed by atoms with Crippen molar-refractivity contribution >= 4 is 26.8 Å². The molecule has 2 aromatic rings. The number of aromatic nitrogens is 1. The number of hydrogen-bond acceptors (Lipinski definition) is 1. The van der Waals surface area contributed by atoms with Gasteiger partial charge in [0.1, 0.15) is 5.82 Å². The molecule has 0 radical (unpaired) electrons. The number of alkyl halides is 1. The van der Waals surface area contributed by atoms with Crippen LogP contribution in [0.15, 0.2) is 30.5 Å². The number of rotatable bonds is 1. The van der Waals surface area contributed by atoms with Crippen LogP contribution in [0.3, 0.4) is 0 Å². The van der Waals surface area contributed by atoms with E-state index in [1.165, 1.54) is 6.07 Å². The monoisotopic (exact) mass is 239 g/mol. The molecule has 0 fully saturated rings. The summed E-state index contributed by atoms with van der Waals surface area (Å²) in [5.74, 6) is -0.215. The third-order valence-electron chi connectivity index (χ3n) is 1.88. The van der Waals surface area contributed by atoms with Crippen molar-refractivity contribution in [3.63, 3.8) is 0 Å². The van der Waals surface area contributed by atoms with Crippen LogP contribution in [-0.2, 0) is 5.33 Å². The van der Waals surface area contributed by atoms with E-state index in [1.54, 1.807) is 18.3 Å². The molecule has 1 aromatic heterocycles. The highest BCUT2D eigenvalue weighted by Gasteiger charge is 2.01. The minimum Gasteiger partial charge on any atom is -0.256 e. The first-order valence-corrected chi connectivity index (χ1v) is 5.02. The van der Waals surface area contributed by atoms with Crippen molar-refractivity contribution in [1.82, 2.24) is 4.98 Å². The van der Waals surface area contributed by atoms with Crippen LogP contribution in [0.4, 0.5) is 4.39 Å².